The number of esters is 1. The van der Waals surface area contributed by atoms with E-state index in [0.717, 1.165) is 51.4 Å². The van der Waals surface area contributed by atoms with Crippen LogP contribution >= 0.6 is 7.82 Å². The zero-order valence-corrected chi connectivity index (χ0v) is 42.7. The zero-order valence-electron chi connectivity index (χ0n) is 41.8. The molecule has 0 aromatic carbocycles. The minimum Gasteiger partial charge on any atom is -0.457 e. The first-order chi connectivity index (χ1) is 31.3. The van der Waals surface area contributed by atoms with Crippen LogP contribution in [0.2, 0.25) is 0 Å². The van der Waals surface area contributed by atoms with Crippen LogP contribution in [-0.2, 0) is 27.9 Å². The molecule has 0 aromatic heterocycles. The molecule has 0 bridgehead atoms. The van der Waals surface area contributed by atoms with Crippen LogP contribution < -0.4 is 0 Å². The number of aliphatic hydroxyl groups excluding tert-OH is 2. The Balaban J connectivity index is 4.02. The van der Waals surface area contributed by atoms with Crippen molar-refractivity contribution < 1.29 is 43.0 Å². The second-order valence-electron chi connectivity index (χ2n) is 18.3. The van der Waals surface area contributed by atoms with Gasteiger partial charge in [-0.1, -0.05) is 237 Å². The Hall–Kier alpha value is -1.32. The van der Waals surface area contributed by atoms with Gasteiger partial charge >= 0.3 is 13.8 Å². The van der Waals surface area contributed by atoms with Gasteiger partial charge in [0, 0.05) is 13.0 Å². The molecule has 3 unspecified atom stereocenters. The summed E-state index contributed by atoms with van der Waals surface area (Å²) in [7, 11) is -4.53. The van der Waals surface area contributed by atoms with Gasteiger partial charge < -0.3 is 24.6 Å². The first kappa shape index (κ1) is 62.7. The van der Waals surface area contributed by atoms with Crippen molar-refractivity contribution in [2.45, 2.75) is 270 Å². The Bertz CT molecular complexity index is 1100. The molecule has 0 aliphatic rings. The van der Waals surface area contributed by atoms with Crippen molar-refractivity contribution in [3.8, 4) is 0 Å². The summed E-state index contributed by atoms with van der Waals surface area (Å²) in [5, 5.41) is 18.4. The molecule has 0 radical (unpaired) electrons. The van der Waals surface area contributed by atoms with E-state index >= 15 is 0 Å². The van der Waals surface area contributed by atoms with Crippen LogP contribution in [0, 0.1) is 0 Å². The third-order valence-electron chi connectivity index (χ3n) is 11.8. The number of phosphoric acid groups is 1. The predicted molar refractivity (Wildman–Crippen MR) is 270 cm³/mol. The fraction of sp³-hybridized carbons (Fsp3) is 0.870. The molecule has 0 saturated heterocycles. The highest BCUT2D eigenvalue weighted by Crippen LogP contribution is 2.43. The summed E-state index contributed by atoms with van der Waals surface area (Å²) in [6.45, 7) is 3.53. The molecule has 0 amide bonds. The molecule has 378 valence electrons. The number of ether oxygens (including phenoxy) is 2. The number of hydrogen-bond acceptors (Lipinski definition) is 8. The van der Waals surface area contributed by atoms with Gasteiger partial charge in [0.25, 0.3) is 0 Å². The molecule has 10 heteroatoms. The van der Waals surface area contributed by atoms with Gasteiger partial charge in [0.05, 0.1) is 26.4 Å². The minimum atomic E-state index is -4.53. The maximum atomic E-state index is 12.7. The van der Waals surface area contributed by atoms with Crippen molar-refractivity contribution in [2.75, 3.05) is 33.0 Å². The monoisotopic (exact) mass is 927 g/mol. The quantitative estimate of drug-likeness (QED) is 0.0236. The highest BCUT2D eigenvalue weighted by Gasteiger charge is 2.26. The predicted octanol–water partition coefficient (Wildman–Crippen LogP) is 15.9. The lowest BCUT2D eigenvalue weighted by molar-refractivity contribution is -0.154. The molecule has 0 spiro atoms. The van der Waals surface area contributed by atoms with Gasteiger partial charge in [-0.3, -0.25) is 13.8 Å². The Kier molecular flexibility index (Phi) is 50.0. The van der Waals surface area contributed by atoms with Crippen LogP contribution in [0.5, 0.6) is 0 Å². The first-order valence-electron chi connectivity index (χ1n) is 27.0. The van der Waals surface area contributed by atoms with E-state index in [4.69, 9.17) is 23.6 Å². The van der Waals surface area contributed by atoms with Crippen molar-refractivity contribution in [2.24, 2.45) is 0 Å². The second kappa shape index (κ2) is 51.1. The second-order valence-corrected chi connectivity index (χ2v) is 19.7. The number of aliphatic hydroxyl groups is 2. The van der Waals surface area contributed by atoms with Crippen LogP contribution in [0.15, 0.2) is 36.5 Å². The van der Waals surface area contributed by atoms with Crippen LogP contribution in [0.25, 0.3) is 0 Å². The summed E-state index contributed by atoms with van der Waals surface area (Å²) < 4.78 is 33.6. The smallest absolute Gasteiger partial charge is 0.457 e. The van der Waals surface area contributed by atoms with Gasteiger partial charge in [0.1, 0.15) is 12.2 Å². The van der Waals surface area contributed by atoms with E-state index in [1.165, 1.54) is 180 Å². The van der Waals surface area contributed by atoms with E-state index in [9.17, 15) is 19.4 Å². The molecular formula is C54H103O9P. The molecule has 0 rings (SSSR count). The number of carbonyl (C=O) groups excluding carboxylic acids is 1. The fourth-order valence-corrected chi connectivity index (χ4v) is 8.51. The summed E-state index contributed by atoms with van der Waals surface area (Å²) in [6, 6.07) is 0. The number of phosphoric ester groups is 1. The summed E-state index contributed by atoms with van der Waals surface area (Å²) in [5.41, 5.74) is 0. The van der Waals surface area contributed by atoms with Crippen molar-refractivity contribution in [3.63, 3.8) is 0 Å². The van der Waals surface area contributed by atoms with Gasteiger partial charge in [-0.15, -0.1) is 0 Å². The van der Waals surface area contributed by atoms with Crippen molar-refractivity contribution >= 4 is 13.8 Å². The van der Waals surface area contributed by atoms with Crippen LogP contribution in [-0.4, -0.2) is 66.3 Å². The van der Waals surface area contributed by atoms with Crippen molar-refractivity contribution in [1.29, 1.82) is 0 Å². The molecule has 0 aliphatic carbocycles. The maximum absolute atomic E-state index is 12.7. The molecule has 0 aliphatic heterocycles. The SMILES string of the molecule is CCCCC/C=C\C/C=C\C/C=C\CCCCCCCCC(=O)OC(COCCCCCCCCCCCCCCCCCCCCCCCCCC)COP(=O)(O)OCC(O)CO. The Morgan fingerprint density at radius 2 is 0.844 bits per heavy atom. The fourth-order valence-electron chi connectivity index (χ4n) is 7.72. The summed E-state index contributed by atoms with van der Waals surface area (Å²) >= 11 is 0. The average molecular weight is 927 g/mol. The molecule has 9 nitrogen and oxygen atoms in total. The van der Waals surface area contributed by atoms with E-state index in [1.54, 1.807) is 0 Å². The molecular weight excluding hydrogens is 824 g/mol. The summed E-state index contributed by atoms with van der Waals surface area (Å²) in [4.78, 5) is 22.7. The van der Waals surface area contributed by atoms with Crippen LogP contribution in [0.4, 0.5) is 0 Å². The van der Waals surface area contributed by atoms with Gasteiger partial charge in [0.15, 0.2) is 0 Å². The number of rotatable bonds is 52. The lowest BCUT2D eigenvalue weighted by atomic mass is 10.0. The maximum Gasteiger partial charge on any atom is 0.472 e. The molecule has 3 N–H and O–H groups in total. The summed E-state index contributed by atoms with van der Waals surface area (Å²) in [5.74, 6) is -0.390. The standard InChI is InChI=1S/C54H103O9P/c1-3-5-7-9-11-13-15-17-19-21-23-24-25-26-27-29-31-33-35-37-39-41-43-45-47-60-50-53(51-62-64(58,59)61-49-52(56)48-55)63-54(57)46-44-42-40-38-36-34-32-30-28-22-20-18-16-14-12-10-8-6-4-2/h12,14,18,20,28,30,52-53,55-56H,3-11,13,15-17,19,21-27,29,31-51H2,1-2H3,(H,58,59)/b14-12-,20-18-,30-28-. The van der Waals surface area contributed by atoms with Gasteiger partial charge in [0.2, 0.25) is 0 Å². The minimum absolute atomic E-state index is 0.0473. The summed E-state index contributed by atoms with van der Waals surface area (Å²) in [6.07, 6.45) is 58.3. The topological polar surface area (TPSA) is 132 Å². The molecule has 64 heavy (non-hydrogen) atoms. The highest BCUT2D eigenvalue weighted by atomic mass is 31.2. The highest BCUT2D eigenvalue weighted by molar-refractivity contribution is 7.47. The van der Waals surface area contributed by atoms with Gasteiger partial charge in [-0.05, 0) is 51.4 Å². The van der Waals surface area contributed by atoms with Crippen LogP contribution in [0.3, 0.4) is 0 Å². The molecule has 0 saturated carbocycles. The molecule has 0 aromatic rings. The zero-order chi connectivity index (χ0) is 46.7. The Morgan fingerprint density at radius 1 is 0.484 bits per heavy atom. The molecule has 3 atom stereocenters. The third kappa shape index (κ3) is 50.1. The van der Waals surface area contributed by atoms with E-state index in [2.05, 4.69) is 50.3 Å². The normalized spacial score (nSPS) is 14.0. The largest absolute Gasteiger partial charge is 0.472 e. The Labute approximate surface area is 395 Å². The first-order valence-corrected chi connectivity index (χ1v) is 28.5. The molecule has 0 fully saturated rings. The molecule has 0 heterocycles. The Morgan fingerprint density at radius 3 is 1.30 bits per heavy atom. The number of unbranched alkanes of at least 4 members (excludes halogenated alkanes) is 32. The van der Waals surface area contributed by atoms with E-state index in [-0.39, 0.29) is 19.6 Å². The van der Waals surface area contributed by atoms with E-state index in [1.807, 2.05) is 0 Å². The van der Waals surface area contributed by atoms with E-state index in [0.29, 0.717) is 13.0 Å². The van der Waals surface area contributed by atoms with Gasteiger partial charge in [-0.2, -0.15) is 0 Å². The van der Waals surface area contributed by atoms with E-state index < -0.39 is 39.2 Å². The lowest BCUT2D eigenvalue weighted by Gasteiger charge is -2.20. The number of hydrogen-bond donors (Lipinski definition) is 3. The number of allylic oxidation sites excluding steroid dienone is 6. The van der Waals surface area contributed by atoms with Crippen LogP contribution in [0.1, 0.15) is 258 Å². The van der Waals surface area contributed by atoms with Crippen molar-refractivity contribution in [1.82, 2.24) is 0 Å². The average Bonchev–Trinajstić information content (AvgIpc) is 3.29. The lowest BCUT2D eigenvalue weighted by Crippen LogP contribution is -2.29. The number of carbonyl (C=O) groups is 1. The third-order valence-corrected chi connectivity index (χ3v) is 12.8. The van der Waals surface area contributed by atoms with Crippen molar-refractivity contribution in [3.05, 3.63) is 36.5 Å². The van der Waals surface area contributed by atoms with Gasteiger partial charge in [-0.25, -0.2) is 4.57 Å².